The van der Waals surface area contributed by atoms with Crippen molar-refractivity contribution in [2.45, 2.75) is 45.1 Å². The largest absolute Gasteiger partial charge is 0.321 e. The van der Waals surface area contributed by atoms with E-state index >= 15 is 0 Å². The highest BCUT2D eigenvalue weighted by molar-refractivity contribution is 5.22. The van der Waals surface area contributed by atoms with Gasteiger partial charge in [0.2, 0.25) is 0 Å². The van der Waals surface area contributed by atoms with E-state index < -0.39 is 0 Å². The Morgan fingerprint density at radius 2 is 1.86 bits per heavy atom. The molecule has 0 bridgehead atoms. The van der Waals surface area contributed by atoms with Crippen molar-refractivity contribution in [3.8, 4) is 0 Å². The molecule has 1 radical (unpaired) electrons. The van der Waals surface area contributed by atoms with Gasteiger partial charge in [-0.05, 0) is 24.5 Å². The zero-order valence-corrected chi connectivity index (χ0v) is 9.22. The number of nitrogens with two attached hydrogens (primary N) is 1. The van der Waals surface area contributed by atoms with Crippen LogP contribution in [0, 0.1) is 6.07 Å². The average molecular weight is 190 g/mol. The van der Waals surface area contributed by atoms with Crippen molar-refractivity contribution in [3.63, 3.8) is 0 Å². The molecule has 2 N–H and O–H groups in total. The molecule has 1 rings (SSSR count). The van der Waals surface area contributed by atoms with Crippen molar-refractivity contribution >= 4 is 0 Å². The average Bonchev–Trinajstić information content (AvgIpc) is 2.20. The molecule has 14 heavy (non-hydrogen) atoms. The van der Waals surface area contributed by atoms with Gasteiger partial charge in [0.15, 0.2) is 0 Å². The summed E-state index contributed by atoms with van der Waals surface area (Å²) in [5, 5.41) is 0. The zero-order chi connectivity index (χ0) is 10.4. The van der Waals surface area contributed by atoms with Gasteiger partial charge in [0.1, 0.15) is 0 Å². The number of rotatable bonds is 5. The molecule has 0 spiro atoms. The molecule has 0 aromatic heterocycles. The molecule has 1 aromatic carbocycles. The molecule has 0 aliphatic rings. The Bertz CT molecular complexity index is 247. The fourth-order valence-corrected chi connectivity index (χ4v) is 1.99. The predicted octanol–water partition coefficient (Wildman–Crippen LogP) is 3.24. The Hall–Kier alpha value is -0.820. The second-order valence-corrected chi connectivity index (χ2v) is 3.93. The van der Waals surface area contributed by atoms with Gasteiger partial charge in [0.05, 0.1) is 0 Å². The van der Waals surface area contributed by atoms with Crippen molar-refractivity contribution in [1.82, 2.24) is 0 Å². The van der Waals surface area contributed by atoms with Gasteiger partial charge in [0.25, 0.3) is 0 Å². The van der Waals surface area contributed by atoms with E-state index in [-0.39, 0.29) is 5.54 Å². The van der Waals surface area contributed by atoms with Gasteiger partial charge in [-0.1, -0.05) is 51.0 Å². The van der Waals surface area contributed by atoms with Crippen LogP contribution in [0.5, 0.6) is 0 Å². The maximum Gasteiger partial charge on any atom is 0.0415 e. The quantitative estimate of drug-likeness (QED) is 0.758. The molecule has 0 saturated carbocycles. The van der Waals surface area contributed by atoms with E-state index in [2.05, 4.69) is 26.0 Å². The molecule has 1 nitrogen and oxygen atoms in total. The van der Waals surface area contributed by atoms with Crippen LogP contribution in [0.1, 0.15) is 45.1 Å². The van der Waals surface area contributed by atoms with Crippen LogP contribution in [-0.2, 0) is 5.54 Å². The summed E-state index contributed by atoms with van der Waals surface area (Å²) in [5.41, 5.74) is 7.40. The summed E-state index contributed by atoms with van der Waals surface area (Å²) in [6.45, 7) is 4.36. The van der Waals surface area contributed by atoms with E-state index in [9.17, 15) is 0 Å². The smallest absolute Gasteiger partial charge is 0.0415 e. The van der Waals surface area contributed by atoms with Crippen LogP contribution in [0.2, 0.25) is 0 Å². The summed E-state index contributed by atoms with van der Waals surface area (Å²) in [6, 6.07) is 11.3. The topological polar surface area (TPSA) is 26.0 Å². The van der Waals surface area contributed by atoms with Crippen molar-refractivity contribution in [3.05, 3.63) is 35.9 Å². The molecular weight excluding hydrogens is 170 g/mol. The van der Waals surface area contributed by atoms with Crippen LogP contribution >= 0.6 is 0 Å². The zero-order valence-electron chi connectivity index (χ0n) is 9.22. The van der Waals surface area contributed by atoms with E-state index in [4.69, 9.17) is 5.73 Å². The molecule has 0 aliphatic carbocycles. The third-order valence-corrected chi connectivity index (χ3v) is 2.64. The van der Waals surface area contributed by atoms with Crippen molar-refractivity contribution in [2.24, 2.45) is 5.73 Å². The predicted molar refractivity (Wildman–Crippen MR) is 61.0 cm³/mol. The Morgan fingerprint density at radius 1 is 1.21 bits per heavy atom. The molecule has 77 valence electrons. The normalized spacial score (nSPS) is 11.6. The minimum atomic E-state index is -0.162. The van der Waals surface area contributed by atoms with E-state index in [1.807, 2.05) is 18.2 Å². The molecule has 1 heteroatoms. The fraction of sp³-hybridized carbons (Fsp3) is 0.538. The van der Waals surface area contributed by atoms with Crippen LogP contribution < -0.4 is 5.73 Å². The minimum absolute atomic E-state index is 0.162. The standard InChI is InChI=1S/C13H20N/c1-3-10-13(14,11-4-2)12-8-6-5-7-9-12/h5-8H,3-4,10-11,14H2,1-2H3. The van der Waals surface area contributed by atoms with Gasteiger partial charge < -0.3 is 5.73 Å². The van der Waals surface area contributed by atoms with Crippen LogP contribution in [0.25, 0.3) is 0 Å². The van der Waals surface area contributed by atoms with Crippen LogP contribution in [0.3, 0.4) is 0 Å². The Labute approximate surface area is 87.3 Å². The van der Waals surface area contributed by atoms with E-state index in [0.717, 1.165) is 31.2 Å². The first-order valence-electron chi connectivity index (χ1n) is 5.49. The number of hydrogen-bond acceptors (Lipinski definition) is 1. The van der Waals surface area contributed by atoms with Gasteiger partial charge in [0, 0.05) is 5.54 Å². The number of hydrogen-bond donors (Lipinski definition) is 1. The summed E-state index contributed by atoms with van der Waals surface area (Å²) in [7, 11) is 0. The highest BCUT2D eigenvalue weighted by Crippen LogP contribution is 2.27. The third-order valence-electron chi connectivity index (χ3n) is 2.64. The molecule has 0 unspecified atom stereocenters. The highest BCUT2D eigenvalue weighted by atomic mass is 14.7. The van der Waals surface area contributed by atoms with Gasteiger partial charge in [-0.25, -0.2) is 0 Å². The maximum atomic E-state index is 6.41. The van der Waals surface area contributed by atoms with Gasteiger partial charge in [-0.2, -0.15) is 0 Å². The molecule has 1 aromatic rings. The maximum absolute atomic E-state index is 6.41. The lowest BCUT2D eigenvalue weighted by Crippen LogP contribution is -2.36. The van der Waals surface area contributed by atoms with Gasteiger partial charge in [-0.15, -0.1) is 0 Å². The first-order chi connectivity index (χ1) is 6.73. The minimum Gasteiger partial charge on any atom is -0.321 e. The highest BCUT2D eigenvalue weighted by Gasteiger charge is 2.24. The first-order valence-corrected chi connectivity index (χ1v) is 5.49. The summed E-state index contributed by atoms with van der Waals surface area (Å²) in [4.78, 5) is 0. The summed E-state index contributed by atoms with van der Waals surface area (Å²) < 4.78 is 0. The Morgan fingerprint density at radius 3 is 2.29 bits per heavy atom. The lowest BCUT2D eigenvalue weighted by Gasteiger charge is -2.29. The second-order valence-electron chi connectivity index (χ2n) is 3.93. The van der Waals surface area contributed by atoms with E-state index in [1.165, 1.54) is 0 Å². The molecule has 0 fully saturated rings. The van der Waals surface area contributed by atoms with Crippen molar-refractivity contribution < 1.29 is 0 Å². The molecule has 0 saturated heterocycles. The van der Waals surface area contributed by atoms with Gasteiger partial charge >= 0.3 is 0 Å². The summed E-state index contributed by atoms with van der Waals surface area (Å²) in [6.07, 6.45) is 4.33. The van der Waals surface area contributed by atoms with Gasteiger partial charge in [-0.3, -0.25) is 0 Å². The molecule has 0 heterocycles. The summed E-state index contributed by atoms with van der Waals surface area (Å²) in [5.74, 6) is 0. The molecule has 0 aliphatic heterocycles. The van der Waals surface area contributed by atoms with Crippen LogP contribution in [-0.4, -0.2) is 0 Å². The van der Waals surface area contributed by atoms with Crippen LogP contribution in [0.15, 0.2) is 24.3 Å². The van der Waals surface area contributed by atoms with E-state index in [0.29, 0.717) is 0 Å². The SMILES string of the molecule is CCCC(N)(CCC)c1[c]cccc1. The Kier molecular flexibility index (Phi) is 4.15. The Balaban J connectivity index is 2.87. The second kappa shape index (κ2) is 5.16. The lowest BCUT2D eigenvalue weighted by molar-refractivity contribution is 0.369. The molecular formula is C13H20N. The van der Waals surface area contributed by atoms with Crippen molar-refractivity contribution in [1.29, 1.82) is 0 Å². The monoisotopic (exact) mass is 190 g/mol. The van der Waals surface area contributed by atoms with Crippen molar-refractivity contribution in [2.75, 3.05) is 0 Å². The lowest BCUT2D eigenvalue weighted by atomic mass is 9.83. The summed E-state index contributed by atoms with van der Waals surface area (Å²) >= 11 is 0. The number of benzene rings is 1. The van der Waals surface area contributed by atoms with Crippen LogP contribution in [0.4, 0.5) is 0 Å². The molecule has 0 amide bonds. The van der Waals surface area contributed by atoms with E-state index in [1.54, 1.807) is 0 Å². The first kappa shape index (κ1) is 11.3. The molecule has 0 atom stereocenters. The third kappa shape index (κ3) is 2.58. The fourth-order valence-electron chi connectivity index (χ4n) is 1.99.